The lowest BCUT2D eigenvalue weighted by Crippen LogP contribution is -2.40. The van der Waals surface area contributed by atoms with E-state index in [4.69, 9.17) is 4.74 Å². The van der Waals surface area contributed by atoms with Gasteiger partial charge in [-0.25, -0.2) is 18.9 Å². The first kappa shape index (κ1) is 19.4. The van der Waals surface area contributed by atoms with E-state index in [2.05, 4.69) is 9.50 Å². The van der Waals surface area contributed by atoms with Crippen molar-refractivity contribution in [3.8, 4) is 6.01 Å². The molecule has 1 N–H and O–H groups in total. The van der Waals surface area contributed by atoms with Crippen LogP contribution in [0.2, 0.25) is 0 Å². The lowest BCUT2D eigenvalue weighted by molar-refractivity contribution is 0.241. The molecular weight excluding hydrogens is 396 g/mol. The minimum Gasteiger partial charge on any atom is -0.463 e. The standard InChI is InChI=1S/C14H20N6O5S2/c1-3-6-19-7-8-26-13(19)17-27(23,24)16-11(21)20-14(22)18(2)12(15-20)25-9-10-4-5-10/h7-8,10H,3-6,9H2,1-2H3,(H,16,21)/b17-13+. The fraction of sp³-hybridized carbons (Fsp3) is 0.571. The molecule has 11 nitrogen and oxygen atoms in total. The number of amides is 1. The molecule has 0 aliphatic heterocycles. The molecule has 0 spiro atoms. The first-order chi connectivity index (χ1) is 12.8. The third-order valence-electron chi connectivity index (χ3n) is 3.82. The number of hydrogen-bond donors (Lipinski definition) is 1. The van der Waals surface area contributed by atoms with Crippen molar-refractivity contribution in [3.63, 3.8) is 0 Å². The lowest BCUT2D eigenvalue weighted by atomic mass is 10.5. The van der Waals surface area contributed by atoms with Crippen LogP contribution in [0.15, 0.2) is 20.8 Å². The summed E-state index contributed by atoms with van der Waals surface area (Å²) < 4.78 is 38.2. The van der Waals surface area contributed by atoms with Crippen LogP contribution in [0.5, 0.6) is 6.01 Å². The Morgan fingerprint density at radius 2 is 2.22 bits per heavy atom. The van der Waals surface area contributed by atoms with E-state index in [0.717, 1.165) is 35.2 Å². The fourth-order valence-corrected chi connectivity index (χ4v) is 3.96. The minimum atomic E-state index is -4.36. The van der Waals surface area contributed by atoms with Gasteiger partial charge in [0.05, 0.1) is 6.61 Å². The number of aromatic nitrogens is 4. The molecule has 2 aromatic rings. The SMILES string of the molecule is CCCn1ccs/c1=N/S(=O)(=O)NC(=O)n1nc(OCC2CC2)n(C)c1=O. The summed E-state index contributed by atoms with van der Waals surface area (Å²) in [4.78, 5) is 24.6. The topological polar surface area (TPSA) is 130 Å². The molecule has 0 radical (unpaired) electrons. The van der Waals surface area contributed by atoms with E-state index in [9.17, 15) is 18.0 Å². The zero-order valence-corrected chi connectivity index (χ0v) is 16.5. The van der Waals surface area contributed by atoms with Crippen LogP contribution in [0.4, 0.5) is 4.79 Å². The first-order valence-corrected chi connectivity index (χ1v) is 10.7. The Balaban J connectivity index is 1.78. The number of aryl methyl sites for hydroxylation is 1. The highest BCUT2D eigenvalue weighted by molar-refractivity contribution is 7.88. The highest BCUT2D eigenvalue weighted by Crippen LogP contribution is 2.28. The largest absolute Gasteiger partial charge is 0.463 e. The van der Waals surface area contributed by atoms with E-state index in [1.54, 1.807) is 20.9 Å². The van der Waals surface area contributed by atoms with Crippen molar-refractivity contribution >= 4 is 27.6 Å². The van der Waals surface area contributed by atoms with E-state index >= 15 is 0 Å². The average molecular weight is 416 g/mol. The Kier molecular flexibility index (Phi) is 5.51. The molecule has 1 aliphatic rings. The van der Waals surface area contributed by atoms with E-state index in [-0.39, 0.29) is 10.8 Å². The van der Waals surface area contributed by atoms with E-state index in [1.807, 2.05) is 6.92 Å². The van der Waals surface area contributed by atoms with Gasteiger partial charge in [0.25, 0.3) is 0 Å². The van der Waals surface area contributed by atoms with Gasteiger partial charge >= 0.3 is 27.9 Å². The number of rotatable bonds is 7. The fourth-order valence-electron chi connectivity index (χ4n) is 2.21. The number of thiazole rings is 1. The van der Waals surface area contributed by atoms with Gasteiger partial charge in [-0.3, -0.25) is 0 Å². The maximum Gasteiger partial charge on any atom is 0.361 e. The molecular formula is C14H20N6O5S2. The molecule has 1 aliphatic carbocycles. The highest BCUT2D eigenvalue weighted by Gasteiger charge is 2.25. The highest BCUT2D eigenvalue weighted by atomic mass is 32.2. The predicted octanol–water partition coefficient (Wildman–Crippen LogP) is 0.0470. The normalized spacial score (nSPS) is 15.1. The molecule has 0 saturated heterocycles. The number of ether oxygens (including phenoxy) is 1. The van der Waals surface area contributed by atoms with Crippen molar-refractivity contribution < 1.29 is 17.9 Å². The van der Waals surface area contributed by atoms with Crippen molar-refractivity contribution in [3.05, 3.63) is 26.9 Å². The molecule has 0 bridgehead atoms. The zero-order valence-electron chi connectivity index (χ0n) is 14.9. The van der Waals surface area contributed by atoms with Crippen LogP contribution >= 0.6 is 11.3 Å². The molecule has 3 rings (SSSR count). The van der Waals surface area contributed by atoms with Crippen LogP contribution < -0.4 is 20.0 Å². The molecule has 2 heterocycles. The van der Waals surface area contributed by atoms with E-state index in [0.29, 0.717) is 23.8 Å². The summed E-state index contributed by atoms with van der Waals surface area (Å²) in [5.74, 6) is 0.430. The third kappa shape index (κ3) is 4.66. The summed E-state index contributed by atoms with van der Waals surface area (Å²) in [6, 6.07) is -1.27. The van der Waals surface area contributed by atoms with Gasteiger partial charge in [-0.05, 0) is 25.2 Å². The molecule has 13 heteroatoms. The van der Waals surface area contributed by atoms with Crippen LogP contribution in [-0.2, 0) is 23.8 Å². The monoisotopic (exact) mass is 416 g/mol. The average Bonchev–Trinajstić information content (AvgIpc) is 3.27. The van der Waals surface area contributed by atoms with E-state index in [1.165, 1.54) is 7.05 Å². The van der Waals surface area contributed by atoms with Crippen LogP contribution in [0.25, 0.3) is 0 Å². The Labute approximate surface area is 159 Å². The molecule has 148 valence electrons. The zero-order chi connectivity index (χ0) is 19.6. The van der Waals surface area contributed by atoms with Crippen molar-refractivity contribution in [2.75, 3.05) is 6.61 Å². The number of carbonyl (C=O) groups excluding carboxylic acids is 1. The van der Waals surface area contributed by atoms with Crippen molar-refractivity contribution in [1.29, 1.82) is 0 Å². The van der Waals surface area contributed by atoms with Crippen LogP contribution in [0, 0.1) is 5.92 Å². The predicted molar refractivity (Wildman–Crippen MR) is 96.7 cm³/mol. The van der Waals surface area contributed by atoms with Crippen LogP contribution in [0.3, 0.4) is 0 Å². The van der Waals surface area contributed by atoms with Gasteiger partial charge in [-0.2, -0.15) is 8.42 Å². The summed E-state index contributed by atoms with van der Waals surface area (Å²) >= 11 is 1.12. The van der Waals surface area contributed by atoms with Crippen molar-refractivity contribution in [1.82, 2.24) is 23.6 Å². The smallest absolute Gasteiger partial charge is 0.361 e. The van der Waals surface area contributed by atoms with Gasteiger partial charge in [0, 0.05) is 25.2 Å². The summed E-state index contributed by atoms with van der Waals surface area (Å²) in [6.07, 6.45) is 4.60. The van der Waals surface area contributed by atoms with E-state index < -0.39 is 21.9 Å². The first-order valence-electron chi connectivity index (χ1n) is 8.36. The second kappa shape index (κ2) is 7.68. The molecule has 0 atom stereocenters. The second-order valence-electron chi connectivity index (χ2n) is 6.14. The third-order valence-corrected chi connectivity index (χ3v) is 5.57. The Bertz CT molecular complexity index is 1060. The van der Waals surface area contributed by atoms with Gasteiger partial charge < -0.3 is 9.30 Å². The number of carbonyl (C=O) groups is 1. The van der Waals surface area contributed by atoms with Crippen LogP contribution in [0.1, 0.15) is 26.2 Å². The number of nitrogens with zero attached hydrogens (tertiary/aromatic N) is 5. The lowest BCUT2D eigenvalue weighted by Gasteiger charge is -2.02. The van der Waals surface area contributed by atoms with Gasteiger partial charge in [0.15, 0.2) is 0 Å². The van der Waals surface area contributed by atoms with Gasteiger partial charge in [0.2, 0.25) is 4.80 Å². The molecule has 0 unspecified atom stereocenters. The van der Waals surface area contributed by atoms with Crippen molar-refractivity contribution in [2.24, 2.45) is 17.4 Å². The van der Waals surface area contributed by atoms with Gasteiger partial charge in [-0.1, -0.05) is 6.92 Å². The molecule has 27 heavy (non-hydrogen) atoms. The molecule has 0 aromatic carbocycles. The van der Waals surface area contributed by atoms with Gasteiger partial charge in [0.1, 0.15) is 0 Å². The number of hydrogen-bond acceptors (Lipinski definition) is 7. The molecule has 1 amide bonds. The maximum absolute atomic E-state index is 12.2. The Hall–Kier alpha value is -2.41. The molecule has 1 saturated carbocycles. The summed E-state index contributed by atoms with van der Waals surface area (Å²) in [5, 5.41) is 5.45. The molecule has 1 fully saturated rings. The minimum absolute atomic E-state index is 0.0459. The number of nitrogens with one attached hydrogen (secondary N) is 1. The summed E-state index contributed by atoms with van der Waals surface area (Å²) in [7, 11) is -2.98. The quantitative estimate of drug-likeness (QED) is 0.679. The van der Waals surface area contributed by atoms with Crippen molar-refractivity contribution in [2.45, 2.75) is 32.7 Å². The maximum atomic E-state index is 12.2. The Morgan fingerprint density at radius 3 is 2.89 bits per heavy atom. The van der Waals surface area contributed by atoms with Crippen LogP contribution in [-0.4, -0.2) is 40.0 Å². The second-order valence-corrected chi connectivity index (χ2v) is 8.35. The summed E-state index contributed by atoms with van der Waals surface area (Å²) in [6.45, 7) is 2.93. The van der Waals surface area contributed by atoms with Gasteiger partial charge in [-0.15, -0.1) is 25.5 Å². The molecule has 2 aromatic heterocycles. The summed E-state index contributed by atoms with van der Waals surface area (Å²) in [5.41, 5.74) is -0.814. The Morgan fingerprint density at radius 1 is 1.48 bits per heavy atom.